The molecule has 0 saturated carbocycles. The van der Waals surface area contributed by atoms with E-state index in [9.17, 15) is 0 Å². The van der Waals surface area contributed by atoms with Gasteiger partial charge in [0.2, 0.25) is 0 Å². The second-order valence-electron chi connectivity index (χ2n) is 2.62. The van der Waals surface area contributed by atoms with E-state index in [1.165, 1.54) is 0 Å². The Morgan fingerprint density at radius 1 is 1.50 bits per heavy atom. The zero-order chi connectivity index (χ0) is 7.40. The third kappa shape index (κ3) is 1.51. The number of piperidine rings is 1. The lowest BCUT2D eigenvalue weighted by Gasteiger charge is -2.27. The first kappa shape index (κ1) is 7.14. The van der Waals surface area contributed by atoms with Crippen molar-refractivity contribution in [2.24, 2.45) is 5.92 Å². The molecule has 54 valence electrons. The van der Waals surface area contributed by atoms with Gasteiger partial charge in [-0.3, -0.25) is 0 Å². The highest BCUT2D eigenvalue weighted by Gasteiger charge is 2.15. The second kappa shape index (κ2) is 3.26. The lowest BCUT2D eigenvalue weighted by Crippen LogP contribution is -2.28. The average molecular weight is 136 g/mol. The third-order valence-corrected chi connectivity index (χ3v) is 1.97. The summed E-state index contributed by atoms with van der Waals surface area (Å²) in [4.78, 5) is 2.16. The number of rotatable bonds is 1. The van der Waals surface area contributed by atoms with Gasteiger partial charge in [0.1, 0.15) is 0 Å². The van der Waals surface area contributed by atoms with Crippen LogP contribution in [0.2, 0.25) is 0 Å². The van der Waals surface area contributed by atoms with E-state index < -0.39 is 0 Å². The quantitative estimate of drug-likeness (QED) is 0.544. The van der Waals surface area contributed by atoms with Crippen molar-refractivity contribution in [3.63, 3.8) is 0 Å². The van der Waals surface area contributed by atoms with Crippen LogP contribution in [0, 0.1) is 17.2 Å². The van der Waals surface area contributed by atoms with Crippen molar-refractivity contribution in [2.75, 3.05) is 13.1 Å². The smallest absolute Gasteiger partial charge is 0.0657 e. The first-order valence-corrected chi connectivity index (χ1v) is 3.63. The molecule has 2 heteroatoms. The highest BCUT2D eigenvalue weighted by molar-refractivity contribution is 4.89. The largest absolute Gasteiger partial charge is 0.378 e. The number of nitrogens with zero attached hydrogens (tertiary/aromatic N) is 2. The molecule has 0 unspecified atom stereocenters. The first-order valence-electron chi connectivity index (χ1n) is 3.63. The molecule has 0 aromatic rings. The van der Waals surface area contributed by atoms with Gasteiger partial charge in [-0.15, -0.1) is 0 Å². The van der Waals surface area contributed by atoms with E-state index in [2.05, 4.69) is 17.5 Å². The topological polar surface area (TPSA) is 27.0 Å². The van der Waals surface area contributed by atoms with Crippen LogP contribution in [0.5, 0.6) is 0 Å². The molecule has 0 aliphatic carbocycles. The van der Waals surface area contributed by atoms with Crippen LogP contribution in [0.15, 0.2) is 12.8 Å². The van der Waals surface area contributed by atoms with Gasteiger partial charge in [0.25, 0.3) is 0 Å². The maximum atomic E-state index is 8.56. The summed E-state index contributed by atoms with van der Waals surface area (Å²) in [5.41, 5.74) is 0. The standard InChI is InChI=1S/C8H12N2/c1-2-10-5-3-8(7-9)4-6-10/h2,8H,1,3-6H2. The highest BCUT2D eigenvalue weighted by atomic mass is 15.1. The van der Waals surface area contributed by atoms with Gasteiger partial charge in [-0.25, -0.2) is 0 Å². The number of likely N-dealkylation sites (tertiary alicyclic amines) is 1. The summed E-state index contributed by atoms with van der Waals surface area (Å²) < 4.78 is 0. The molecule has 1 saturated heterocycles. The molecule has 0 radical (unpaired) electrons. The lowest BCUT2D eigenvalue weighted by atomic mass is 9.99. The van der Waals surface area contributed by atoms with E-state index in [1.807, 2.05) is 6.20 Å². The van der Waals surface area contributed by atoms with Crippen LogP contribution in [-0.4, -0.2) is 18.0 Å². The minimum atomic E-state index is 0.288. The summed E-state index contributed by atoms with van der Waals surface area (Å²) in [7, 11) is 0. The zero-order valence-electron chi connectivity index (χ0n) is 6.08. The Balaban J connectivity index is 2.32. The van der Waals surface area contributed by atoms with Gasteiger partial charge in [0.15, 0.2) is 0 Å². The van der Waals surface area contributed by atoms with Gasteiger partial charge in [0, 0.05) is 19.0 Å². The fraction of sp³-hybridized carbons (Fsp3) is 0.625. The Morgan fingerprint density at radius 3 is 2.50 bits per heavy atom. The Morgan fingerprint density at radius 2 is 2.10 bits per heavy atom. The van der Waals surface area contributed by atoms with Gasteiger partial charge >= 0.3 is 0 Å². The Bertz CT molecular complexity index is 149. The van der Waals surface area contributed by atoms with Gasteiger partial charge < -0.3 is 4.90 Å². The molecule has 0 bridgehead atoms. The van der Waals surface area contributed by atoms with Crippen molar-refractivity contribution in [1.82, 2.24) is 4.90 Å². The van der Waals surface area contributed by atoms with Crippen LogP contribution in [0.25, 0.3) is 0 Å². The van der Waals surface area contributed by atoms with E-state index in [0.717, 1.165) is 25.9 Å². The van der Waals surface area contributed by atoms with Gasteiger partial charge in [-0.05, 0) is 19.0 Å². The Labute approximate surface area is 61.8 Å². The van der Waals surface area contributed by atoms with Crippen molar-refractivity contribution in [3.05, 3.63) is 12.8 Å². The summed E-state index contributed by atoms with van der Waals surface area (Å²) in [5, 5.41) is 8.56. The molecule has 1 fully saturated rings. The minimum absolute atomic E-state index is 0.288. The van der Waals surface area contributed by atoms with Crippen molar-refractivity contribution < 1.29 is 0 Å². The Hall–Kier alpha value is -0.970. The minimum Gasteiger partial charge on any atom is -0.378 e. The van der Waals surface area contributed by atoms with Crippen molar-refractivity contribution in [2.45, 2.75) is 12.8 Å². The molecule has 1 heterocycles. The number of nitriles is 1. The molecule has 0 N–H and O–H groups in total. The maximum Gasteiger partial charge on any atom is 0.0657 e. The maximum absolute atomic E-state index is 8.56. The van der Waals surface area contributed by atoms with Crippen molar-refractivity contribution >= 4 is 0 Å². The summed E-state index contributed by atoms with van der Waals surface area (Å²) >= 11 is 0. The molecule has 0 atom stereocenters. The van der Waals surface area contributed by atoms with Crippen LogP contribution in [-0.2, 0) is 0 Å². The third-order valence-electron chi connectivity index (χ3n) is 1.97. The summed E-state index contributed by atoms with van der Waals surface area (Å²) in [6.07, 6.45) is 3.86. The van der Waals surface area contributed by atoms with Gasteiger partial charge in [0.05, 0.1) is 6.07 Å². The van der Waals surface area contributed by atoms with Crippen LogP contribution in [0.4, 0.5) is 0 Å². The molecule has 0 aromatic heterocycles. The number of hydrogen-bond donors (Lipinski definition) is 0. The van der Waals surface area contributed by atoms with Crippen LogP contribution in [0.1, 0.15) is 12.8 Å². The van der Waals surface area contributed by atoms with Crippen LogP contribution < -0.4 is 0 Å². The molecule has 1 aliphatic rings. The predicted octanol–water partition coefficient (Wildman–Crippen LogP) is 1.37. The van der Waals surface area contributed by atoms with E-state index >= 15 is 0 Å². The van der Waals surface area contributed by atoms with Gasteiger partial charge in [-0.1, -0.05) is 6.58 Å². The van der Waals surface area contributed by atoms with Crippen LogP contribution >= 0.6 is 0 Å². The monoisotopic (exact) mass is 136 g/mol. The van der Waals surface area contributed by atoms with Crippen molar-refractivity contribution in [3.8, 4) is 6.07 Å². The van der Waals surface area contributed by atoms with E-state index in [-0.39, 0.29) is 5.92 Å². The zero-order valence-corrected chi connectivity index (χ0v) is 6.08. The lowest BCUT2D eigenvalue weighted by molar-refractivity contribution is 0.276. The Kier molecular flexibility index (Phi) is 2.33. The predicted molar refractivity (Wildman–Crippen MR) is 40.1 cm³/mol. The second-order valence-corrected chi connectivity index (χ2v) is 2.62. The first-order chi connectivity index (χ1) is 4.86. The van der Waals surface area contributed by atoms with E-state index in [1.54, 1.807) is 0 Å². The summed E-state index contributed by atoms with van der Waals surface area (Å²) in [6, 6.07) is 2.29. The fourth-order valence-corrected chi connectivity index (χ4v) is 1.21. The highest BCUT2D eigenvalue weighted by Crippen LogP contribution is 2.15. The summed E-state index contributed by atoms with van der Waals surface area (Å²) in [5.74, 6) is 0.288. The molecule has 2 nitrogen and oxygen atoms in total. The molecular formula is C8H12N2. The molecule has 10 heavy (non-hydrogen) atoms. The number of hydrogen-bond acceptors (Lipinski definition) is 2. The molecule has 1 rings (SSSR count). The van der Waals surface area contributed by atoms with Gasteiger partial charge in [-0.2, -0.15) is 5.26 Å². The van der Waals surface area contributed by atoms with Crippen LogP contribution in [0.3, 0.4) is 0 Å². The molecule has 1 aliphatic heterocycles. The molecule has 0 spiro atoms. The average Bonchev–Trinajstić information content (AvgIpc) is 2.05. The molecule has 0 amide bonds. The fourth-order valence-electron chi connectivity index (χ4n) is 1.21. The van der Waals surface area contributed by atoms with Crippen molar-refractivity contribution in [1.29, 1.82) is 5.26 Å². The van der Waals surface area contributed by atoms with E-state index in [4.69, 9.17) is 5.26 Å². The molecule has 0 aromatic carbocycles. The van der Waals surface area contributed by atoms with E-state index in [0.29, 0.717) is 0 Å². The summed E-state index contributed by atoms with van der Waals surface area (Å²) in [6.45, 7) is 5.68. The normalized spacial score (nSPS) is 20.1. The molecular weight excluding hydrogens is 124 g/mol. The SMILES string of the molecule is C=CN1CCC(C#N)CC1.